The van der Waals surface area contributed by atoms with Crippen LogP contribution in [0.5, 0.6) is 0 Å². The van der Waals surface area contributed by atoms with Gasteiger partial charge in [0.05, 0.1) is 18.2 Å². The van der Waals surface area contributed by atoms with Crippen LogP contribution in [0.25, 0.3) is 5.57 Å². The first-order chi connectivity index (χ1) is 24.7. The smallest absolute Gasteiger partial charge is 0.337 e. The molecule has 0 aromatic heterocycles. The number of fused-ring (bicyclic) bond motifs is 7. The number of hydrogen-bond donors (Lipinski definition) is 2. The van der Waals surface area contributed by atoms with Crippen LogP contribution in [-0.4, -0.2) is 37.2 Å². The molecule has 2 aromatic rings. The van der Waals surface area contributed by atoms with E-state index in [0.717, 1.165) is 43.7 Å². The highest BCUT2D eigenvalue weighted by molar-refractivity contribution is 5.89. The number of allylic oxidation sites excluding steroid dienone is 3. The summed E-state index contributed by atoms with van der Waals surface area (Å²) in [6.07, 6.45) is 16.5. The molecule has 0 radical (unpaired) electrons. The van der Waals surface area contributed by atoms with E-state index in [4.69, 9.17) is 4.74 Å². The number of esters is 1. The minimum atomic E-state index is -0.862. The van der Waals surface area contributed by atoms with Crippen molar-refractivity contribution in [2.45, 2.75) is 105 Å². The van der Waals surface area contributed by atoms with Crippen molar-refractivity contribution in [1.29, 1.82) is 0 Å². The van der Waals surface area contributed by atoms with E-state index in [9.17, 15) is 14.7 Å². The molecule has 4 fully saturated rings. The number of benzene rings is 2. The van der Waals surface area contributed by atoms with Gasteiger partial charge in [0, 0.05) is 6.54 Å². The van der Waals surface area contributed by atoms with E-state index >= 15 is 0 Å². The van der Waals surface area contributed by atoms with Crippen LogP contribution in [0.4, 0.5) is 0 Å². The summed E-state index contributed by atoms with van der Waals surface area (Å²) >= 11 is 0. The zero-order chi connectivity index (χ0) is 37.1. The van der Waals surface area contributed by atoms with Gasteiger partial charge in [0.25, 0.3) is 0 Å². The molecule has 9 atom stereocenters. The zero-order valence-corrected chi connectivity index (χ0v) is 32.7. The van der Waals surface area contributed by atoms with Gasteiger partial charge in [-0.05, 0) is 176 Å². The van der Waals surface area contributed by atoms with Gasteiger partial charge in [-0.25, -0.2) is 9.59 Å². The molecule has 0 amide bonds. The van der Waals surface area contributed by atoms with Crippen LogP contribution in [0, 0.1) is 57.2 Å². The third kappa shape index (κ3) is 6.11. The maximum absolute atomic E-state index is 11.9. The second-order valence-electron chi connectivity index (χ2n) is 18.8. The molecule has 7 rings (SSSR count). The summed E-state index contributed by atoms with van der Waals surface area (Å²) in [4.78, 5) is 23.5. The minimum Gasteiger partial charge on any atom is -0.478 e. The predicted octanol–water partition coefficient (Wildman–Crippen LogP) is 10.7. The molecule has 0 unspecified atom stereocenters. The van der Waals surface area contributed by atoms with Gasteiger partial charge in [-0.15, -0.1) is 0 Å². The molecule has 0 saturated heterocycles. The zero-order valence-electron chi connectivity index (χ0n) is 32.7. The van der Waals surface area contributed by atoms with Gasteiger partial charge < -0.3 is 15.2 Å². The molecule has 2 N–H and O–H groups in total. The summed E-state index contributed by atoms with van der Waals surface area (Å²) in [7, 11) is 1.43. The number of nitrogens with one attached hydrogen (secondary N) is 1. The normalized spacial score (nSPS) is 36.2. The number of carboxylic acid groups (broad SMARTS) is 1. The molecular formula is C47H63NO4. The molecule has 0 bridgehead atoms. The van der Waals surface area contributed by atoms with E-state index in [0.29, 0.717) is 39.7 Å². The van der Waals surface area contributed by atoms with Crippen molar-refractivity contribution in [3.8, 4) is 0 Å². The lowest BCUT2D eigenvalue weighted by atomic mass is 9.40. The predicted molar refractivity (Wildman–Crippen MR) is 210 cm³/mol. The lowest BCUT2D eigenvalue weighted by Crippen LogP contribution is -2.59. The fraction of sp³-hybridized carbons (Fsp3) is 0.617. The first-order valence-corrected chi connectivity index (χ1v) is 20.3. The average molecular weight is 706 g/mol. The summed E-state index contributed by atoms with van der Waals surface area (Å²) in [6, 6.07) is 15.5. The third-order valence-electron chi connectivity index (χ3n) is 16.1. The number of hydrogen-bond acceptors (Lipinski definition) is 4. The van der Waals surface area contributed by atoms with Crippen molar-refractivity contribution in [1.82, 2.24) is 5.32 Å². The second kappa shape index (κ2) is 13.9. The Labute approximate surface area is 313 Å². The Balaban J connectivity index is 1.11. The van der Waals surface area contributed by atoms with Gasteiger partial charge in [0.2, 0.25) is 0 Å². The second-order valence-corrected chi connectivity index (χ2v) is 18.8. The molecule has 0 aliphatic heterocycles. The number of rotatable bonds is 9. The highest BCUT2D eigenvalue weighted by Crippen LogP contribution is 2.73. The highest BCUT2D eigenvalue weighted by atomic mass is 16.5. The summed E-state index contributed by atoms with van der Waals surface area (Å²) in [5, 5.41) is 13.5. The van der Waals surface area contributed by atoms with E-state index in [1.54, 1.807) is 12.1 Å². The number of aromatic carboxylic acids is 1. The van der Waals surface area contributed by atoms with Gasteiger partial charge in [0.15, 0.2) is 0 Å². The van der Waals surface area contributed by atoms with E-state index in [-0.39, 0.29) is 16.8 Å². The molecule has 2 aromatic carbocycles. The minimum absolute atomic E-state index is 0.0255. The summed E-state index contributed by atoms with van der Waals surface area (Å²) in [5.41, 5.74) is 7.20. The fourth-order valence-electron chi connectivity index (χ4n) is 13.6. The molecule has 5 aliphatic carbocycles. The van der Waals surface area contributed by atoms with Crippen molar-refractivity contribution < 1.29 is 19.4 Å². The Morgan fingerprint density at radius 1 is 0.846 bits per heavy atom. The first kappa shape index (κ1) is 37.1. The lowest BCUT2D eigenvalue weighted by Gasteiger charge is -2.64. The average Bonchev–Trinajstić information content (AvgIpc) is 3.43. The molecular weight excluding hydrogens is 643 g/mol. The molecule has 5 heteroatoms. The van der Waals surface area contributed by atoms with Crippen LogP contribution in [0.3, 0.4) is 0 Å². The fourth-order valence-corrected chi connectivity index (χ4v) is 13.6. The number of carbonyl (C=O) groups is 2. The summed E-state index contributed by atoms with van der Waals surface area (Å²) in [6.45, 7) is 19.3. The van der Waals surface area contributed by atoms with E-state index in [1.165, 1.54) is 87.2 Å². The highest BCUT2D eigenvalue weighted by Gasteiger charge is 2.65. The van der Waals surface area contributed by atoms with Crippen LogP contribution >= 0.6 is 0 Å². The molecule has 0 spiro atoms. The van der Waals surface area contributed by atoms with Crippen LogP contribution in [-0.2, 0) is 11.2 Å². The molecule has 5 aliphatic rings. The monoisotopic (exact) mass is 705 g/mol. The van der Waals surface area contributed by atoms with E-state index in [1.807, 2.05) is 24.3 Å². The van der Waals surface area contributed by atoms with Gasteiger partial charge in [-0.2, -0.15) is 0 Å². The van der Waals surface area contributed by atoms with Crippen LogP contribution in [0.15, 0.2) is 66.8 Å². The summed E-state index contributed by atoms with van der Waals surface area (Å²) in [5.74, 6) is 3.01. The van der Waals surface area contributed by atoms with Crippen molar-refractivity contribution in [2.24, 2.45) is 57.2 Å². The van der Waals surface area contributed by atoms with Gasteiger partial charge in [-0.1, -0.05) is 76.6 Å². The van der Waals surface area contributed by atoms with Crippen molar-refractivity contribution >= 4 is 17.5 Å². The van der Waals surface area contributed by atoms with Gasteiger partial charge >= 0.3 is 11.9 Å². The van der Waals surface area contributed by atoms with Crippen LogP contribution in [0.1, 0.15) is 131 Å². The maximum Gasteiger partial charge on any atom is 0.337 e. The maximum atomic E-state index is 11.9. The molecule has 0 heterocycles. The molecule has 4 saturated carbocycles. The number of ether oxygens (including phenoxy) is 1. The van der Waals surface area contributed by atoms with Gasteiger partial charge in [-0.3, -0.25) is 0 Å². The molecule has 280 valence electrons. The van der Waals surface area contributed by atoms with Gasteiger partial charge in [0.1, 0.15) is 0 Å². The Morgan fingerprint density at radius 3 is 2.19 bits per heavy atom. The standard InChI is InChI=1S/C47H63NO4/c1-30(2)35-21-25-47(29-48-28-23-31-11-13-34(14-12-31)43(51)52-7)27-26-45(5)37-9-8-10-40-44(3,4)36(32-15-17-33(18-16-32)42(49)50)22-24-46(40,6)38(37)19-20-39(45)41(35)47/h11-18,22,35,37-41,48H,1,8-10,19-21,23-29H2,2-7H3,(H,49,50)/t35-,37-,38-,39+,40-,41+,45-,46+,47+/m0/s1. The SMILES string of the molecule is C=C(C)[C@@H]1CC[C@]2(CNCCc3ccc(C(=O)OC)cc3)CC[C@]3(C)[C@H](CC[C@H]4[C@@H]3CCC[C@H]3C(C)(C)C(c5ccc(C(=O)O)cc5)=CC[C@]43C)[C@@H]12. The largest absolute Gasteiger partial charge is 0.478 e. The topological polar surface area (TPSA) is 75.6 Å². The summed E-state index contributed by atoms with van der Waals surface area (Å²) < 4.78 is 4.88. The molecule has 5 nitrogen and oxygen atoms in total. The van der Waals surface area contributed by atoms with Crippen molar-refractivity contribution in [3.63, 3.8) is 0 Å². The number of carboxylic acids is 1. The Kier molecular flexibility index (Phi) is 9.94. The lowest BCUT2D eigenvalue weighted by molar-refractivity contribution is -0.146. The van der Waals surface area contributed by atoms with Crippen molar-refractivity contribution in [3.05, 3.63) is 89.0 Å². The quantitative estimate of drug-likeness (QED) is 0.154. The van der Waals surface area contributed by atoms with Crippen molar-refractivity contribution in [2.75, 3.05) is 20.2 Å². The Hall–Kier alpha value is -3.18. The van der Waals surface area contributed by atoms with Crippen LogP contribution < -0.4 is 5.32 Å². The van der Waals surface area contributed by atoms with E-state index < -0.39 is 5.97 Å². The van der Waals surface area contributed by atoms with E-state index in [2.05, 4.69) is 64.7 Å². The third-order valence-corrected chi connectivity index (χ3v) is 16.1. The first-order valence-electron chi connectivity index (χ1n) is 20.3. The molecule has 52 heavy (non-hydrogen) atoms. The number of methoxy groups -OCH3 is 1. The van der Waals surface area contributed by atoms with Crippen LogP contribution in [0.2, 0.25) is 0 Å². The number of carbonyl (C=O) groups excluding carboxylic acids is 1. The Morgan fingerprint density at radius 2 is 1.52 bits per heavy atom. The Bertz CT molecular complexity index is 1710.